The molecule has 0 spiro atoms. The Bertz CT molecular complexity index is 613. The van der Waals surface area contributed by atoms with E-state index in [1.165, 1.54) is 4.90 Å². The van der Waals surface area contributed by atoms with Gasteiger partial charge in [0.2, 0.25) is 11.8 Å². The molecule has 2 aromatic carbocycles. The molecule has 1 aliphatic rings. The third kappa shape index (κ3) is 2.74. The Morgan fingerprint density at radius 2 is 1.65 bits per heavy atom. The second kappa shape index (κ2) is 6.42. The van der Waals surface area contributed by atoms with Gasteiger partial charge in [0, 0.05) is 39.1 Å². The van der Waals surface area contributed by atoms with Crippen LogP contribution < -0.4 is 4.90 Å². The van der Waals surface area contributed by atoms with Gasteiger partial charge in [-0.25, -0.2) is 0 Å². The maximum absolute atomic E-state index is 12.4. The summed E-state index contributed by atoms with van der Waals surface area (Å²) in [6, 6.07) is 19.2. The largest absolute Gasteiger partial charge is 0.274 e. The topological polar surface area (TPSA) is 37.4 Å². The number of imide groups is 1. The van der Waals surface area contributed by atoms with E-state index in [2.05, 4.69) is 6.07 Å². The first-order valence-corrected chi connectivity index (χ1v) is 6.15. The van der Waals surface area contributed by atoms with Crippen molar-refractivity contribution in [1.29, 1.82) is 0 Å². The van der Waals surface area contributed by atoms with Crippen LogP contribution in [0.15, 0.2) is 54.6 Å². The molecule has 20 heavy (non-hydrogen) atoms. The predicted octanol–water partition coefficient (Wildman–Crippen LogP) is 2.53. The van der Waals surface area contributed by atoms with Gasteiger partial charge in [-0.1, -0.05) is 36.0 Å². The van der Waals surface area contributed by atoms with Gasteiger partial charge in [0.15, 0.2) is 0 Å². The quantitative estimate of drug-likeness (QED) is 0.623. The standard InChI is InChI=1S/C16H12NO2.Y/c18-15-11-14(12-7-3-1-4-8-12)16(19)17(15)13-9-5-2-6-10-13;/h1,3-10,14H,11H2;/q-1;. The Morgan fingerprint density at radius 1 is 1.00 bits per heavy atom. The van der Waals surface area contributed by atoms with Gasteiger partial charge >= 0.3 is 0 Å². The molecule has 0 bridgehead atoms. The van der Waals surface area contributed by atoms with Crippen LogP contribution in [0.1, 0.15) is 17.9 Å². The van der Waals surface area contributed by atoms with Gasteiger partial charge in [0.05, 0.1) is 5.92 Å². The summed E-state index contributed by atoms with van der Waals surface area (Å²) in [5, 5.41) is 0. The van der Waals surface area contributed by atoms with Crippen molar-refractivity contribution in [1.82, 2.24) is 0 Å². The Morgan fingerprint density at radius 3 is 2.30 bits per heavy atom. The van der Waals surface area contributed by atoms with Crippen molar-refractivity contribution in [3.63, 3.8) is 0 Å². The van der Waals surface area contributed by atoms with E-state index in [4.69, 9.17) is 0 Å². The van der Waals surface area contributed by atoms with E-state index >= 15 is 0 Å². The van der Waals surface area contributed by atoms with Gasteiger partial charge < -0.3 is 0 Å². The van der Waals surface area contributed by atoms with Gasteiger partial charge in [-0.3, -0.25) is 14.5 Å². The minimum atomic E-state index is -0.363. The van der Waals surface area contributed by atoms with Crippen LogP contribution in [0.4, 0.5) is 5.69 Å². The molecule has 2 amide bonds. The van der Waals surface area contributed by atoms with Crippen LogP contribution in [0.25, 0.3) is 0 Å². The Labute approximate surface area is 142 Å². The number of rotatable bonds is 2. The second-order valence-electron chi connectivity index (χ2n) is 4.49. The summed E-state index contributed by atoms with van der Waals surface area (Å²) in [6.45, 7) is 0. The monoisotopic (exact) mass is 339 g/mol. The normalized spacial score (nSPS) is 18.0. The van der Waals surface area contributed by atoms with E-state index in [1.54, 1.807) is 24.3 Å². The molecule has 0 aromatic heterocycles. The maximum Gasteiger partial charge on any atom is 0.239 e. The summed E-state index contributed by atoms with van der Waals surface area (Å²) in [4.78, 5) is 25.7. The van der Waals surface area contributed by atoms with Crippen LogP contribution in [-0.2, 0) is 42.3 Å². The molecule has 3 rings (SSSR count). The Hall–Kier alpha value is -1.32. The predicted molar refractivity (Wildman–Crippen MR) is 71.6 cm³/mol. The number of hydrogen-bond acceptors (Lipinski definition) is 2. The summed E-state index contributed by atoms with van der Waals surface area (Å²) in [6.07, 6.45) is 0.238. The minimum Gasteiger partial charge on any atom is -0.274 e. The summed E-state index contributed by atoms with van der Waals surface area (Å²) < 4.78 is 0. The van der Waals surface area contributed by atoms with Crippen LogP contribution >= 0.6 is 0 Å². The van der Waals surface area contributed by atoms with Crippen LogP contribution in [0.3, 0.4) is 0 Å². The fourth-order valence-corrected chi connectivity index (χ4v) is 2.38. The van der Waals surface area contributed by atoms with Gasteiger partial charge in [0.1, 0.15) is 0 Å². The van der Waals surface area contributed by atoms with Crippen molar-refractivity contribution in [2.24, 2.45) is 0 Å². The molecule has 97 valence electrons. The molecule has 0 saturated carbocycles. The zero-order valence-corrected chi connectivity index (χ0v) is 13.7. The molecule has 1 atom stereocenters. The van der Waals surface area contributed by atoms with Crippen molar-refractivity contribution >= 4 is 17.5 Å². The van der Waals surface area contributed by atoms with Crippen molar-refractivity contribution < 1.29 is 42.3 Å². The van der Waals surface area contributed by atoms with E-state index in [0.717, 1.165) is 5.56 Å². The van der Waals surface area contributed by atoms with Gasteiger partial charge in [0.25, 0.3) is 0 Å². The number of carbonyl (C=O) groups is 2. The number of hydrogen-bond donors (Lipinski definition) is 0. The molecule has 3 nitrogen and oxygen atoms in total. The molecule has 1 heterocycles. The second-order valence-corrected chi connectivity index (χ2v) is 4.49. The van der Waals surface area contributed by atoms with Crippen molar-refractivity contribution in [2.45, 2.75) is 12.3 Å². The fraction of sp³-hybridized carbons (Fsp3) is 0.125. The van der Waals surface area contributed by atoms with E-state index in [9.17, 15) is 9.59 Å². The van der Waals surface area contributed by atoms with Crippen LogP contribution in [0, 0.1) is 6.07 Å². The van der Waals surface area contributed by atoms with Crippen molar-refractivity contribution in [3.8, 4) is 0 Å². The first-order chi connectivity index (χ1) is 9.27. The van der Waals surface area contributed by atoms with E-state index < -0.39 is 0 Å². The minimum absolute atomic E-state index is 0. The number of anilines is 1. The third-order valence-electron chi connectivity index (χ3n) is 3.31. The zero-order chi connectivity index (χ0) is 13.2. The van der Waals surface area contributed by atoms with Gasteiger partial charge in [-0.15, -0.1) is 12.1 Å². The zero-order valence-electron chi connectivity index (χ0n) is 10.8. The first kappa shape index (κ1) is 15.1. The molecule has 0 aliphatic carbocycles. The van der Waals surface area contributed by atoms with E-state index in [0.29, 0.717) is 5.69 Å². The molecular weight excluding hydrogens is 327 g/mol. The van der Waals surface area contributed by atoms with Gasteiger partial charge in [-0.05, 0) is 5.56 Å². The fourth-order valence-electron chi connectivity index (χ4n) is 2.38. The number of benzene rings is 2. The maximum atomic E-state index is 12.4. The molecule has 0 N–H and O–H groups in total. The van der Waals surface area contributed by atoms with Crippen LogP contribution in [-0.4, -0.2) is 11.8 Å². The number of carbonyl (C=O) groups excluding carboxylic acids is 2. The Kier molecular flexibility index (Phi) is 4.84. The van der Waals surface area contributed by atoms with Crippen molar-refractivity contribution in [3.05, 3.63) is 66.2 Å². The summed E-state index contributed by atoms with van der Waals surface area (Å²) in [5.74, 6) is -0.662. The van der Waals surface area contributed by atoms with Gasteiger partial charge in [-0.2, -0.15) is 18.2 Å². The molecule has 4 heteroatoms. The number of nitrogens with zero attached hydrogens (tertiary/aromatic N) is 1. The average Bonchev–Trinajstić information content (AvgIpc) is 2.76. The first-order valence-electron chi connectivity index (χ1n) is 6.15. The molecule has 1 fully saturated rings. The molecule has 1 unspecified atom stereocenters. The molecule has 1 radical (unpaired) electrons. The summed E-state index contributed by atoms with van der Waals surface area (Å²) in [5.41, 5.74) is 1.51. The van der Waals surface area contributed by atoms with Crippen LogP contribution in [0.2, 0.25) is 0 Å². The Balaban J connectivity index is 0.00000147. The number of amides is 2. The smallest absolute Gasteiger partial charge is 0.239 e. The van der Waals surface area contributed by atoms with E-state index in [1.807, 2.05) is 30.3 Å². The summed E-state index contributed by atoms with van der Waals surface area (Å²) >= 11 is 0. The van der Waals surface area contributed by atoms with Crippen LogP contribution in [0.5, 0.6) is 0 Å². The summed E-state index contributed by atoms with van der Waals surface area (Å²) in [7, 11) is 0. The average molecular weight is 339 g/mol. The molecule has 1 aliphatic heterocycles. The van der Waals surface area contributed by atoms with Crippen molar-refractivity contribution in [2.75, 3.05) is 4.90 Å². The SMILES string of the molecule is O=C1CC(c2ccccc2)C(=O)N1c1cc[c-]cc1.[Y]. The molecular formula is C16H12NO2Y-. The van der Waals surface area contributed by atoms with E-state index in [-0.39, 0.29) is 56.9 Å². The third-order valence-corrected chi connectivity index (χ3v) is 3.31. The molecule has 2 aromatic rings. The molecule has 1 saturated heterocycles.